The maximum atomic E-state index is 12.7. The first-order valence-corrected chi connectivity index (χ1v) is 8.63. The van der Waals surface area contributed by atoms with Crippen LogP contribution in [0.2, 0.25) is 0 Å². The van der Waals surface area contributed by atoms with E-state index in [9.17, 15) is 9.59 Å². The number of nitrogens with zero attached hydrogens (tertiary/aromatic N) is 1. The SMILES string of the molecule is CC(C)(C)OC(=O)N1CCC[C@@]2(C1)C(=O)NC[C@H]2c1ccccc1. The highest BCUT2D eigenvalue weighted by Gasteiger charge is 2.53. The molecule has 5 nitrogen and oxygen atoms in total. The smallest absolute Gasteiger partial charge is 0.410 e. The standard InChI is InChI=1S/C19H26N2O3/c1-18(2,3)24-17(23)21-11-7-10-19(13-21)15(12-20-16(19)22)14-8-5-4-6-9-14/h4-6,8-9,15H,7,10-13H2,1-3H3,(H,20,22)/t15-,19-/m0/s1. The number of carbonyl (C=O) groups is 2. The second kappa shape index (κ2) is 6.11. The minimum absolute atomic E-state index is 0.0598. The van der Waals surface area contributed by atoms with Gasteiger partial charge in [0.25, 0.3) is 0 Å². The number of hydrogen-bond acceptors (Lipinski definition) is 3. The maximum Gasteiger partial charge on any atom is 0.410 e. The van der Waals surface area contributed by atoms with E-state index in [1.165, 1.54) is 0 Å². The molecule has 24 heavy (non-hydrogen) atoms. The van der Waals surface area contributed by atoms with E-state index in [-0.39, 0.29) is 17.9 Å². The van der Waals surface area contributed by atoms with E-state index in [1.54, 1.807) is 4.90 Å². The summed E-state index contributed by atoms with van der Waals surface area (Å²) < 4.78 is 5.51. The molecule has 2 fully saturated rings. The Balaban J connectivity index is 1.84. The molecular weight excluding hydrogens is 304 g/mol. The summed E-state index contributed by atoms with van der Waals surface area (Å²) in [7, 11) is 0. The fourth-order valence-electron chi connectivity index (χ4n) is 3.88. The van der Waals surface area contributed by atoms with Crippen molar-refractivity contribution in [1.82, 2.24) is 10.2 Å². The van der Waals surface area contributed by atoms with Crippen molar-refractivity contribution in [3.63, 3.8) is 0 Å². The van der Waals surface area contributed by atoms with Crippen LogP contribution in [0.5, 0.6) is 0 Å². The molecule has 2 saturated heterocycles. The normalized spacial score (nSPS) is 27.2. The molecule has 1 N–H and O–H groups in total. The van der Waals surface area contributed by atoms with Gasteiger partial charge in [0.15, 0.2) is 0 Å². The molecule has 0 aliphatic carbocycles. The Kier molecular flexibility index (Phi) is 4.28. The number of ether oxygens (including phenoxy) is 1. The number of amides is 2. The highest BCUT2D eigenvalue weighted by molar-refractivity contribution is 5.87. The van der Waals surface area contributed by atoms with Crippen molar-refractivity contribution < 1.29 is 14.3 Å². The summed E-state index contributed by atoms with van der Waals surface area (Å²) in [6.07, 6.45) is 1.29. The summed E-state index contributed by atoms with van der Waals surface area (Å²) in [6.45, 7) is 7.28. The average Bonchev–Trinajstić information content (AvgIpc) is 2.83. The summed E-state index contributed by atoms with van der Waals surface area (Å²) >= 11 is 0. The number of likely N-dealkylation sites (tertiary alicyclic amines) is 1. The number of carbonyl (C=O) groups excluding carboxylic acids is 2. The third kappa shape index (κ3) is 3.12. The number of nitrogens with one attached hydrogen (secondary N) is 1. The first kappa shape index (κ1) is 16.8. The van der Waals surface area contributed by atoms with Crippen molar-refractivity contribution in [1.29, 1.82) is 0 Å². The number of benzene rings is 1. The molecule has 2 aliphatic heterocycles. The van der Waals surface area contributed by atoms with Crippen molar-refractivity contribution in [2.75, 3.05) is 19.6 Å². The summed E-state index contributed by atoms with van der Waals surface area (Å²) in [5.74, 6) is 0.154. The van der Waals surface area contributed by atoms with Gasteiger partial charge in [-0.1, -0.05) is 30.3 Å². The lowest BCUT2D eigenvalue weighted by Crippen LogP contribution is -2.52. The van der Waals surface area contributed by atoms with Crippen LogP contribution in [0.3, 0.4) is 0 Å². The highest BCUT2D eigenvalue weighted by atomic mass is 16.6. The topological polar surface area (TPSA) is 58.6 Å². The molecule has 2 aliphatic rings. The Morgan fingerprint density at radius 2 is 2.00 bits per heavy atom. The Morgan fingerprint density at radius 3 is 2.67 bits per heavy atom. The van der Waals surface area contributed by atoms with Gasteiger partial charge in [0.2, 0.25) is 5.91 Å². The Morgan fingerprint density at radius 1 is 1.29 bits per heavy atom. The van der Waals surface area contributed by atoms with E-state index in [2.05, 4.69) is 17.4 Å². The van der Waals surface area contributed by atoms with E-state index in [0.717, 1.165) is 18.4 Å². The van der Waals surface area contributed by atoms with Crippen molar-refractivity contribution >= 4 is 12.0 Å². The van der Waals surface area contributed by atoms with Crippen molar-refractivity contribution in [2.45, 2.75) is 45.1 Å². The van der Waals surface area contributed by atoms with Gasteiger partial charge < -0.3 is 15.0 Å². The van der Waals surface area contributed by atoms with E-state index in [1.807, 2.05) is 39.0 Å². The van der Waals surface area contributed by atoms with Crippen LogP contribution >= 0.6 is 0 Å². The largest absolute Gasteiger partial charge is 0.444 e. The van der Waals surface area contributed by atoms with Crippen LogP contribution in [0, 0.1) is 5.41 Å². The third-order valence-corrected chi connectivity index (χ3v) is 4.96. The molecule has 0 unspecified atom stereocenters. The lowest BCUT2D eigenvalue weighted by Gasteiger charge is -2.42. The van der Waals surface area contributed by atoms with Crippen molar-refractivity contribution in [2.24, 2.45) is 5.41 Å². The lowest BCUT2D eigenvalue weighted by molar-refractivity contribution is -0.130. The van der Waals surface area contributed by atoms with E-state index in [0.29, 0.717) is 19.6 Å². The molecule has 0 radical (unpaired) electrons. The molecule has 2 atom stereocenters. The van der Waals surface area contributed by atoms with E-state index < -0.39 is 11.0 Å². The zero-order valence-electron chi connectivity index (χ0n) is 14.7. The van der Waals surface area contributed by atoms with E-state index >= 15 is 0 Å². The van der Waals surface area contributed by atoms with Gasteiger partial charge in [0.05, 0.1) is 5.41 Å². The lowest BCUT2D eigenvalue weighted by atomic mass is 9.69. The van der Waals surface area contributed by atoms with Crippen LogP contribution in [0.1, 0.15) is 45.1 Å². The molecule has 3 rings (SSSR count). The Hall–Kier alpha value is -2.04. The molecular formula is C19H26N2O3. The molecule has 1 aromatic rings. The molecule has 0 saturated carbocycles. The van der Waals surface area contributed by atoms with Gasteiger partial charge in [-0.05, 0) is 39.2 Å². The summed E-state index contributed by atoms with van der Waals surface area (Å²) in [5.41, 5.74) is 0.0801. The fraction of sp³-hybridized carbons (Fsp3) is 0.579. The maximum absolute atomic E-state index is 12.7. The van der Waals surface area contributed by atoms with Gasteiger partial charge >= 0.3 is 6.09 Å². The second-order valence-corrected chi connectivity index (χ2v) is 7.83. The molecule has 2 heterocycles. The molecule has 2 amide bonds. The predicted octanol–water partition coefficient (Wildman–Crippen LogP) is 2.92. The zero-order chi connectivity index (χ0) is 17.4. The Labute approximate surface area is 143 Å². The molecule has 0 bridgehead atoms. The quantitative estimate of drug-likeness (QED) is 0.861. The molecule has 1 spiro atoms. The van der Waals surface area contributed by atoms with Gasteiger partial charge in [-0.2, -0.15) is 0 Å². The summed E-state index contributed by atoms with van der Waals surface area (Å²) in [5, 5.41) is 3.02. The van der Waals surface area contributed by atoms with Crippen LogP contribution in [0.15, 0.2) is 30.3 Å². The Bertz CT molecular complexity index is 623. The van der Waals surface area contributed by atoms with Crippen LogP contribution in [0.25, 0.3) is 0 Å². The molecule has 0 aromatic heterocycles. The predicted molar refractivity (Wildman–Crippen MR) is 91.7 cm³/mol. The van der Waals surface area contributed by atoms with E-state index in [4.69, 9.17) is 4.74 Å². The average molecular weight is 330 g/mol. The van der Waals surface area contributed by atoms with Crippen LogP contribution in [0.4, 0.5) is 4.79 Å². The number of piperidine rings is 1. The van der Waals surface area contributed by atoms with Crippen LogP contribution in [-0.2, 0) is 9.53 Å². The minimum atomic E-state index is -0.545. The highest BCUT2D eigenvalue weighted by Crippen LogP contribution is 2.46. The van der Waals surface area contributed by atoms with Crippen LogP contribution in [-0.4, -0.2) is 42.1 Å². The van der Waals surface area contributed by atoms with Crippen LogP contribution < -0.4 is 5.32 Å². The number of rotatable bonds is 1. The zero-order valence-corrected chi connectivity index (χ0v) is 14.7. The van der Waals surface area contributed by atoms with Crippen molar-refractivity contribution in [3.05, 3.63) is 35.9 Å². The summed E-state index contributed by atoms with van der Waals surface area (Å²) in [4.78, 5) is 26.9. The second-order valence-electron chi connectivity index (χ2n) is 7.83. The fourth-order valence-corrected chi connectivity index (χ4v) is 3.88. The van der Waals surface area contributed by atoms with Crippen molar-refractivity contribution in [3.8, 4) is 0 Å². The summed E-state index contributed by atoms with van der Waals surface area (Å²) in [6, 6.07) is 10.1. The number of hydrogen-bond donors (Lipinski definition) is 1. The minimum Gasteiger partial charge on any atom is -0.444 e. The first-order valence-electron chi connectivity index (χ1n) is 8.63. The molecule has 1 aromatic carbocycles. The van der Waals surface area contributed by atoms with Gasteiger partial charge in [0.1, 0.15) is 5.60 Å². The third-order valence-electron chi connectivity index (χ3n) is 4.96. The first-order chi connectivity index (χ1) is 11.3. The molecule has 130 valence electrons. The molecule has 5 heteroatoms. The van der Waals surface area contributed by atoms with Gasteiger partial charge in [-0.3, -0.25) is 4.79 Å². The van der Waals surface area contributed by atoms with Gasteiger partial charge in [-0.25, -0.2) is 4.79 Å². The van der Waals surface area contributed by atoms with Gasteiger partial charge in [0, 0.05) is 25.6 Å². The van der Waals surface area contributed by atoms with Gasteiger partial charge in [-0.15, -0.1) is 0 Å². The monoisotopic (exact) mass is 330 g/mol.